The van der Waals surface area contributed by atoms with E-state index in [1.165, 1.54) is 6.07 Å². The molecule has 1 heterocycles. The van der Waals surface area contributed by atoms with Gasteiger partial charge in [-0.1, -0.05) is 6.07 Å². The van der Waals surface area contributed by atoms with E-state index in [0.717, 1.165) is 11.3 Å². The van der Waals surface area contributed by atoms with Crippen LogP contribution in [0.4, 0.5) is 0 Å². The third kappa shape index (κ3) is 4.29. The zero-order valence-corrected chi connectivity index (χ0v) is 10.2. The molecule has 0 spiro atoms. The van der Waals surface area contributed by atoms with E-state index in [1.807, 2.05) is 0 Å². The molecule has 15 heavy (non-hydrogen) atoms. The molecule has 0 atom stereocenters. The van der Waals surface area contributed by atoms with E-state index in [0.29, 0.717) is 6.42 Å². The van der Waals surface area contributed by atoms with Crippen molar-refractivity contribution in [2.75, 3.05) is 6.54 Å². The second-order valence-electron chi connectivity index (χ2n) is 2.79. The van der Waals surface area contributed by atoms with Crippen molar-refractivity contribution in [3.63, 3.8) is 0 Å². The highest BCUT2D eigenvalue weighted by atomic mass is 35.5. The average molecular weight is 268 g/mol. The van der Waals surface area contributed by atoms with E-state index < -0.39 is 15.3 Å². The van der Waals surface area contributed by atoms with Gasteiger partial charge in [-0.3, -0.25) is 4.79 Å². The Bertz CT molecular complexity index is 413. The second-order valence-corrected chi connectivity index (χ2v) is 6.15. The van der Waals surface area contributed by atoms with Gasteiger partial charge >= 0.3 is 0 Å². The van der Waals surface area contributed by atoms with Gasteiger partial charge in [0.1, 0.15) is 4.21 Å². The molecule has 0 radical (unpaired) electrons. The number of hydrogen-bond acceptors (Lipinski definition) is 4. The molecule has 0 aliphatic heterocycles. The molecule has 0 aliphatic carbocycles. The van der Waals surface area contributed by atoms with E-state index >= 15 is 0 Å². The van der Waals surface area contributed by atoms with E-state index in [9.17, 15) is 13.2 Å². The first-order valence-electron chi connectivity index (χ1n) is 4.24. The summed E-state index contributed by atoms with van der Waals surface area (Å²) < 4.78 is 25.7. The van der Waals surface area contributed by atoms with Crippen molar-refractivity contribution in [3.8, 4) is 0 Å². The van der Waals surface area contributed by atoms with Crippen LogP contribution in [0.3, 0.4) is 0 Å². The monoisotopic (exact) mass is 267 g/mol. The van der Waals surface area contributed by atoms with Gasteiger partial charge in [0.2, 0.25) is 15.3 Å². The van der Waals surface area contributed by atoms with E-state index in [-0.39, 0.29) is 17.2 Å². The van der Waals surface area contributed by atoms with E-state index in [1.54, 1.807) is 11.4 Å². The fourth-order valence-corrected chi connectivity index (χ4v) is 3.17. The van der Waals surface area contributed by atoms with Crippen molar-refractivity contribution < 1.29 is 13.2 Å². The standard InChI is InChI=1S/C8H10ClNO3S2/c9-7(11)3-1-5-10-15(12,13)8-4-2-6-14-8/h2,4,6,10H,1,3,5H2. The summed E-state index contributed by atoms with van der Waals surface area (Å²) in [5.41, 5.74) is 0. The molecule has 0 bridgehead atoms. The number of carbonyl (C=O) groups excluding carboxylic acids is 1. The number of hydrogen-bond donors (Lipinski definition) is 1. The zero-order valence-electron chi connectivity index (χ0n) is 7.77. The smallest absolute Gasteiger partial charge is 0.250 e. The summed E-state index contributed by atoms with van der Waals surface area (Å²) in [6.07, 6.45) is 0.585. The predicted octanol–water partition coefficient (Wildman–Crippen LogP) is 1.57. The largest absolute Gasteiger partial charge is 0.281 e. The Balaban J connectivity index is 2.42. The number of halogens is 1. The molecule has 0 aliphatic rings. The molecule has 0 unspecified atom stereocenters. The summed E-state index contributed by atoms with van der Waals surface area (Å²) >= 11 is 6.26. The van der Waals surface area contributed by atoms with Crippen LogP contribution in [0.25, 0.3) is 0 Å². The minimum atomic E-state index is -3.40. The van der Waals surface area contributed by atoms with Gasteiger partial charge in [0.15, 0.2) is 0 Å². The molecule has 7 heteroatoms. The third-order valence-corrected chi connectivity index (χ3v) is 4.65. The van der Waals surface area contributed by atoms with Crippen LogP contribution in [0.5, 0.6) is 0 Å². The lowest BCUT2D eigenvalue weighted by Crippen LogP contribution is -2.24. The topological polar surface area (TPSA) is 63.2 Å². The Kier molecular flexibility index (Phi) is 4.72. The molecule has 84 valence electrons. The van der Waals surface area contributed by atoms with Crippen LogP contribution in [-0.4, -0.2) is 20.2 Å². The Hall–Kier alpha value is -0.430. The van der Waals surface area contributed by atoms with E-state index in [4.69, 9.17) is 11.6 Å². The van der Waals surface area contributed by atoms with Crippen LogP contribution in [-0.2, 0) is 14.8 Å². The maximum absolute atomic E-state index is 11.5. The van der Waals surface area contributed by atoms with Gasteiger partial charge in [0, 0.05) is 13.0 Å². The van der Waals surface area contributed by atoms with Crippen molar-refractivity contribution in [3.05, 3.63) is 17.5 Å². The van der Waals surface area contributed by atoms with Crippen molar-refractivity contribution in [1.29, 1.82) is 0 Å². The summed E-state index contributed by atoms with van der Waals surface area (Å²) in [6, 6.07) is 3.20. The molecule has 0 saturated heterocycles. The van der Waals surface area contributed by atoms with Crippen LogP contribution in [0, 0.1) is 0 Å². The summed E-state index contributed by atoms with van der Waals surface area (Å²) in [5.74, 6) is 0. The number of sulfonamides is 1. The third-order valence-electron chi connectivity index (χ3n) is 1.60. The summed E-state index contributed by atoms with van der Waals surface area (Å²) in [6.45, 7) is 0.221. The van der Waals surface area contributed by atoms with Crippen LogP contribution in [0.2, 0.25) is 0 Å². The van der Waals surface area contributed by atoms with Crippen molar-refractivity contribution in [1.82, 2.24) is 4.72 Å². The van der Waals surface area contributed by atoms with Gasteiger partial charge in [-0.25, -0.2) is 13.1 Å². The second kappa shape index (κ2) is 5.60. The van der Waals surface area contributed by atoms with Gasteiger partial charge in [-0.2, -0.15) is 0 Å². The molecule has 1 aromatic heterocycles. The van der Waals surface area contributed by atoms with Crippen LogP contribution in [0.15, 0.2) is 21.7 Å². The van der Waals surface area contributed by atoms with Crippen molar-refractivity contribution in [2.45, 2.75) is 17.1 Å². The van der Waals surface area contributed by atoms with Gasteiger partial charge < -0.3 is 0 Å². The number of thiophene rings is 1. The molecule has 0 saturated carbocycles. The molecule has 0 fully saturated rings. The SMILES string of the molecule is O=C(Cl)CCCNS(=O)(=O)c1cccs1. The molecular formula is C8H10ClNO3S2. The first-order chi connectivity index (χ1) is 7.02. The van der Waals surface area contributed by atoms with Gasteiger partial charge in [0.25, 0.3) is 0 Å². The highest BCUT2D eigenvalue weighted by Crippen LogP contribution is 2.15. The normalized spacial score (nSPS) is 11.5. The molecule has 1 N–H and O–H groups in total. The lowest BCUT2D eigenvalue weighted by atomic mass is 10.3. The van der Waals surface area contributed by atoms with Gasteiger partial charge in [0.05, 0.1) is 0 Å². The number of nitrogens with one attached hydrogen (secondary N) is 1. The van der Waals surface area contributed by atoms with Crippen LogP contribution < -0.4 is 4.72 Å². The number of carbonyl (C=O) groups is 1. The first kappa shape index (κ1) is 12.6. The minimum Gasteiger partial charge on any atom is -0.281 e. The molecule has 1 aromatic rings. The summed E-state index contributed by atoms with van der Waals surface area (Å²) in [4.78, 5) is 10.4. The molecule has 4 nitrogen and oxygen atoms in total. The first-order valence-corrected chi connectivity index (χ1v) is 6.98. The fourth-order valence-electron chi connectivity index (χ4n) is 0.921. The maximum atomic E-state index is 11.5. The van der Waals surface area contributed by atoms with Crippen molar-refractivity contribution >= 4 is 38.2 Å². The molecule has 0 amide bonds. The molecule has 0 aromatic carbocycles. The zero-order chi connectivity index (χ0) is 11.3. The minimum absolute atomic E-state index is 0.175. The quantitative estimate of drug-likeness (QED) is 0.629. The lowest BCUT2D eigenvalue weighted by Gasteiger charge is -2.02. The number of rotatable bonds is 6. The maximum Gasteiger partial charge on any atom is 0.250 e. The predicted molar refractivity (Wildman–Crippen MR) is 59.6 cm³/mol. The Morgan fingerprint density at radius 2 is 2.27 bits per heavy atom. The van der Waals surface area contributed by atoms with Crippen LogP contribution >= 0.6 is 22.9 Å². The van der Waals surface area contributed by atoms with E-state index in [2.05, 4.69) is 4.72 Å². The Morgan fingerprint density at radius 3 is 2.80 bits per heavy atom. The van der Waals surface area contributed by atoms with Crippen LogP contribution in [0.1, 0.15) is 12.8 Å². The van der Waals surface area contributed by atoms with Gasteiger partial charge in [-0.05, 0) is 29.5 Å². The average Bonchev–Trinajstić information content (AvgIpc) is 2.65. The molecule has 1 rings (SSSR count). The summed E-state index contributed by atoms with van der Waals surface area (Å²) in [5, 5.41) is 1.24. The molecular weight excluding hydrogens is 258 g/mol. The highest BCUT2D eigenvalue weighted by Gasteiger charge is 2.13. The Labute approximate surface area is 97.3 Å². The Morgan fingerprint density at radius 1 is 1.53 bits per heavy atom. The van der Waals surface area contributed by atoms with Gasteiger partial charge in [-0.15, -0.1) is 11.3 Å². The van der Waals surface area contributed by atoms with Crippen molar-refractivity contribution in [2.24, 2.45) is 0 Å². The fraction of sp³-hybridized carbons (Fsp3) is 0.375. The summed E-state index contributed by atoms with van der Waals surface area (Å²) in [7, 11) is -3.40. The lowest BCUT2D eigenvalue weighted by molar-refractivity contribution is -0.111. The highest BCUT2D eigenvalue weighted by molar-refractivity contribution is 7.91.